The smallest absolute Gasteiger partial charge is 0.224 e. The number of anilines is 1. The highest BCUT2D eigenvalue weighted by molar-refractivity contribution is 6.29. The molecule has 2 rings (SSSR count). The predicted octanol–water partition coefficient (Wildman–Crippen LogP) is 4.27. The minimum atomic E-state index is 0.111. The molecule has 5 heteroatoms. The Morgan fingerprint density at radius 3 is 2.32 bits per heavy atom. The lowest BCUT2D eigenvalue weighted by molar-refractivity contribution is 0.294. The molecule has 0 bridgehead atoms. The van der Waals surface area contributed by atoms with Gasteiger partial charge in [-0.3, -0.25) is 0 Å². The molecule has 0 amide bonds. The van der Waals surface area contributed by atoms with Crippen molar-refractivity contribution in [3.05, 3.63) is 46.6 Å². The van der Waals surface area contributed by atoms with Gasteiger partial charge >= 0.3 is 0 Å². The van der Waals surface area contributed by atoms with E-state index in [1.165, 1.54) is 12.0 Å². The van der Waals surface area contributed by atoms with Gasteiger partial charge in [-0.2, -0.15) is 4.98 Å². The van der Waals surface area contributed by atoms with E-state index in [2.05, 4.69) is 55.0 Å². The number of nitrogens with two attached hydrogens (primary N) is 1. The van der Waals surface area contributed by atoms with Crippen LogP contribution in [-0.4, -0.2) is 9.97 Å². The molecule has 0 unspecified atom stereocenters. The second-order valence-corrected chi connectivity index (χ2v) is 6.94. The van der Waals surface area contributed by atoms with Crippen molar-refractivity contribution >= 4 is 17.5 Å². The van der Waals surface area contributed by atoms with Crippen molar-refractivity contribution in [3.8, 4) is 5.88 Å². The van der Waals surface area contributed by atoms with Gasteiger partial charge in [-0.05, 0) is 29.4 Å². The summed E-state index contributed by atoms with van der Waals surface area (Å²) in [6.07, 6.45) is 2.25. The van der Waals surface area contributed by atoms with Crippen LogP contribution in [-0.2, 0) is 13.0 Å². The summed E-state index contributed by atoms with van der Waals surface area (Å²) in [5.41, 5.74) is 8.30. The van der Waals surface area contributed by atoms with Gasteiger partial charge in [0.2, 0.25) is 11.8 Å². The molecule has 0 radical (unpaired) electrons. The van der Waals surface area contributed by atoms with Crippen LogP contribution in [0.25, 0.3) is 0 Å². The lowest BCUT2D eigenvalue weighted by Gasteiger charge is -2.17. The Hall–Kier alpha value is -1.81. The zero-order valence-electron chi connectivity index (χ0n) is 13.3. The summed E-state index contributed by atoms with van der Waals surface area (Å²) in [7, 11) is 0. The number of rotatable bonds is 5. The van der Waals surface area contributed by atoms with Crippen LogP contribution in [0.4, 0.5) is 5.95 Å². The number of ether oxygens (including phenoxy) is 1. The molecule has 1 aromatic carbocycles. The van der Waals surface area contributed by atoms with Crippen LogP contribution in [0, 0.1) is 5.41 Å². The summed E-state index contributed by atoms with van der Waals surface area (Å²) in [5.74, 6) is 0.495. The van der Waals surface area contributed by atoms with E-state index in [1.54, 1.807) is 6.07 Å². The Balaban J connectivity index is 1.91. The van der Waals surface area contributed by atoms with Crippen molar-refractivity contribution in [3.63, 3.8) is 0 Å². The molecule has 4 nitrogen and oxygen atoms in total. The van der Waals surface area contributed by atoms with Gasteiger partial charge in [-0.1, -0.05) is 56.6 Å². The molecule has 22 heavy (non-hydrogen) atoms. The fourth-order valence-corrected chi connectivity index (χ4v) is 2.15. The summed E-state index contributed by atoms with van der Waals surface area (Å²) in [6, 6.07) is 9.99. The highest BCUT2D eigenvalue weighted by Gasteiger charge is 2.10. The quantitative estimate of drug-likeness (QED) is 0.836. The summed E-state index contributed by atoms with van der Waals surface area (Å²) in [6.45, 7) is 7.20. The SMILES string of the molecule is CC(C)(C)CCc1ccc(COc2cc(Cl)nc(N)n2)cc1. The van der Waals surface area contributed by atoms with Gasteiger partial charge in [0.15, 0.2) is 0 Å². The number of nitrogens with zero attached hydrogens (tertiary/aromatic N) is 2. The third-order valence-electron chi connectivity index (χ3n) is 3.26. The lowest BCUT2D eigenvalue weighted by Crippen LogP contribution is -2.06. The van der Waals surface area contributed by atoms with Crippen LogP contribution in [0.2, 0.25) is 5.15 Å². The molecule has 0 fully saturated rings. The second kappa shape index (κ2) is 6.97. The van der Waals surface area contributed by atoms with Crippen molar-refractivity contribution in [1.82, 2.24) is 9.97 Å². The molecule has 1 heterocycles. The van der Waals surface area contributed by atoms with Gasteiger partial charge in [0.1, 0.15) is 11.8 Å². The van der Waals surface area contributed by atoms with Crippen LogP contribution in [0.15, 0.2) is 30.3 Å². The average molecular weight is 320 g/mol. The minimum Gasteiger partial charge on any atom is -0.473 e. The number of hydrogen-bond acceptors (Lipinski definition) is 4. The summed E-state index contributed by atoms with van der Waals surface area (Å²) in [4.78, 5) is 7.78. The van der Waals surface area contributed by atoms with E-state index in [4.69, 9.17) is 22.1 Å². The van der Waals surface area contributed by atoms with E-state index in [1.807, 2.05) is 0 Å². The molecule has 1 aromatic heterocycles. The Bertz CT molecular complexity index is 601. The van der Waals surface area contributed by atoms with Crippen molar-refractivity contribution in [1.29, 1.82) is 0 Å². The number of aromatic nitrogens is 2. The van der Waals surface area contributed by atoms with E-state index in [-0.39, 0.29) is 11.1 Å². The van der Waals surface area contributed by atoms with E-state index in [9.17, 15) is 0 Å². The molecule has 2 N–H and O–H groups in total. The van der Waals surface area contributed by atoms with Crippen LogP contribution in [0.3, 0.4) is 0 Å². The molecule has 2 aromatic rings. The van der Waals surface area contributed by atoms with Gasteiger partial charge < -0.3 is 10.5 Å². The topological polar surface area (TPSA) is 61.0 Å². The van der Waals surface area contributed by atoms with Gasteiger partial charge in [0.05, 0.1) is 0 Å². The Labute approximate surface area is 136 Å². The molecule has 0 aliphatic rings. The van der Waals surface area contributed by atoms with E-state index < -0.39 is 0 Å². The second-order valence-electron chi connectivity index (χ2n) is 6.55. The molecule has 0 spiro atoms. The maximum absolute atomic E-state index is 5.81. The Morgan fingerprint density at radius 2 is 1.73 bits per heavy atom. The summed E-state index contributed by atoms with van der Waals surface area (Å²) < 4.78 is 5.59. The summed E-state index contributed by atoms with van der Waals surface area (Å²) >= 11 is 5.81. The minimum absolute atomic E-state index is 0.111. The fraction of sp³-hybridized carbons (Fsp3) is 0.412. The molecule has 118 valence electrons. The van der Waals surface area contributed by atoms with Crippen molar-refractivity contribution in [2.45, 2.75) is 40.2 Å². The van der Waals surface area contributed by atoms with Gasteiger partial charge in [-0.25, -0.2) is 4.98 Å². The Kier molecular flexibility index (Phi) is 5.24. The van der Waals surface area contributed by atoms with Crippen LogP contribution < -0.4 is 10.5 Å². The third kappa shape index (κ3) is 5.53. The first kappa shape index (κ1) is 16.6. The van der Waals surface area contributed by atoms with E-state index in [0.29, 0.717) is 17.9 Å². The summed E-state index contributed by atoms with van der Waals surface area (Å²) in [5, 5.41) is 0.278. The normalized spacial score (nSPS) is 11.5. The van der Waals surface area contributed by atoms with Gasteiger partial charge in [0, 0.05) is 6.07 Å². The molecule has 0 saturated carbocycles. The monoisotopic (exact) mass is 319 g/mol. The van der Waals surface area contributed by atoms with E-state index in [0.717, 1.165) is 12.0 Å². The fourth-order valence-electron chi connectivity index (χ4n) is 1.97. The van der Waals surface area contributed by atoms with Crippen molar-refractivity contribution in [2.24, 2.45) is 5.41 Å². The highest BCUT2D eigenvalue weighted by atomic mass is 35.5. The standard InChI is InChI=1S/C17H22ClN3O/c1-17(2,3)9-8-12-4-6-13(7-5-12)11-22-15-10-14(18)20-16(19)21-15/h4-7,10H,8-9,11H2,1-3H3,(H2,19,20,21). The molecule has 0 aliphatic heterocycles. The first-order valence-electron chi connectivity index (χ1n) is 7.32. The number of aryl methyl sites for hydroxylation is 1. The zero-order valence-corrected chi connectivity index (χ0v) is 14.0. The number of nitrogen functional groups attached to an aromatic ring is 1. The average Bonchev–Trinajstić information content (AvgIpc) is 2.42. The van der Waals surface area contributed by atoms with Gasteiger partial charge in [0.25, 0.3) is 0 Å². The zero-order chi connectivity index (χ0) is 16.2. The molecule has 0 aliphatic carbocycles. The number of hydrogen-bond donors (Lipinski definition) is 1. The van der Waals surface area contributed by atoms with Crippen LogP contribution in [0.5, 0.6) is 5.88 Å². The largest absolute Gasteiger partial charge is 0.473 e. The van der Waals surface area contributed by atoms with Crippen LogP contribution >= 0.6 is 11.6 Å². The van der Waals surface area contributed by atoms with Gasteiger partial charge in [-0.15, -0.1) is 0 Å². The number of halogens is 1. The predicted molar refractivity (Wildman–Crippen MR) is 90.0 cm³/mol. The molecule has 0 atom stereocenters. The van der Waals surface area contributed by atoms with Crippen LogP contribution in [0.1, 0.15) is 38.3 Å². The molecule has 0 saturated heterocycles. The number of benzene rings is 1. The first-order valence-corrected chi connectivity index (χ1v) is 7.70. The Morgan fingerprint density at radius 1 is 1.09 bits per heavy atom. The highest BCUT2D eigenvalue weighted by Crippen LogP contribution is 2.22. The maximum Gasteiger partial charge on any atom is 0.224 e. The third-order valence-corrected chi connectivity index (χ3v) is 3.46. The lowest BCUT2D eigenvalue weighted by atomic mass is 9.88. The molecular weight excluding hydrogens is 298 g/mol. The molecular formula is C17H22ClN3O. The van der Waals surface area contributed by atoms with Crippen molar-refractivity contribution < 1.29 is 4.74 Å². The van der Waals surface area contributed by atoms with E-state index >= 15 is 0 Å². The van der Waals surface area contributed by atoms with Crippen molar-refractivity contribution in [2.75, 3.05) is 5.73 Å². The maximum atomic E-state index is 5.81. The first-order chi connectivity index (χ1) is 10.3.